The van der Waals surface area contributed by atoms with Gasteiger partial charge in [0.2, 0.25) is 0 Å². The van der Waals surface area contributed by atoms with Crippen LogP contribution in [0.3, 0.4) is 0 Å². The Morgan fingerprint density at radius 1 is 1.50 bits per heavy atom. The molecule has 0 saturated carbocycles. The number of nitrogens with two attached hydrogens (primary N) is 1. The van der Waals surface area contributed by atoms with Crippen LogP contribution < -0.4 is 5.73 Å². The first-order chi connectivity index (χ1) is 6.54. The van der Waals surface area contributed by atoms with E-state index in [9.17, 15) is 0 Å². The van der Waals surface area contributed by atoms with E-state index < -0.39 is 0 Å². The van der Waals surface area contributed by atoms with E-state index in [1.807, 2.05) is 0 Å². The number of halogens is 2. The maximum Gasteiger partial charge on any atom is 0.0758 e. The van der Waals surface area contributed by atoms with Gasteiger partial charge in [0.1, 0.15) is 0 Å². The van der Waals surface area contributed by atoms with Crippen molar-refractivity contribution in [2.75, 3.05) is 0 Å². The second-order valence-electron chi connectivity index (χ2n) is 3.64. The van der Waals surface area contributed by atoms with Crippen molar-refractivity contribution in [1.29, 1.82) is 0 Å². The van der Waals surface area contributed by atoms with Gasteiger partial charge in [0.05, 0.1) is 7.57 Å². The molecule has 0 amide bonds. The maximum absolute atomic E-state index is 6.14. The van der Waals surface area contributed by atoms with Gasteiger partial charge in [-0.1, -0.05) is 20.3 Å². The fourth-order valence-corrected chi connectivity index (χ4v) is 4.33. The largest absolute Gasteiger partial charge is 0.324 e. The smallest absolute Gasteiger partial charge is 0.0758 e. The van der Waals surface area contributed by atoms with Crippen LogP contribution in [0, 0.1) is 5.92 Å². The van der Waals surface area contributed by atoms with Gasteiger partial charge in [0.15, 0.2) is 0 Å². The molecule has 0 aliphatic heterocycles. The van der Waals surface area contributed by atoms with E-state index in [0.29, 0.717) is 5.92 Å². The third-order valence-electron chi connectivity index (χ3n) is 2.44. The zero-order valence-electron chi connectivity index (χ0n) is 8.39. The molecular formula is C10H15Br2NS. The van der Waals surface area contributed by atoms with Gasteiger partial charge in [-0.15, -0.1) is 11.3 Å². The summed E-state index contributed by atoms with van der Waals surface area (Å²) in [5.74, 6) is 0.690. The molecule has 0 aliphatic carbocycles. The van der Waals surface area contributed by atoms with Crippen molar-refractivity contribution in [3.63, 3.8) is 0 Å². The molecule has 0 aromatic carbocycles. The average molecular weight is 341 g/mol. The molecule has 1 aromatic rings. The SMILES string of the molecule is CCC(C)CC(N)c1cc(Br)sc1Br. The highest BCUT2D eigenvalue weighted by Gasteiger charge is 2.15. The fourth-order valence-electron chi connectivity index (χ4n) is 1.33. The lowest BCUT2D eigenvalue weighted by Gasteiger charge is -2.15. The first-order valence-electron chi connectivity index (χ1n) is 4.74. The lowest BCUT2D eigenvalue weighted by atomic mass is 9.97. The highest BCUT2D eigenvalue weighted by atomic mass is 79.9. The number of hydrogen-bond acceptors (Lipinski definition) is 2. The van der Waals surface area contributed by atoms with Gasteiger partial charge in [-0.3, -0.25) is 0 Å². The fraction of sp³-hybridized carbons (Fsp3) is 0.600. The third-order valence-corrected chi connectivity index (χ3v) is 4.82. The summed E-state index contributed by atoms with van der Waals surface area (Å²) in [5, 5.41) is 0. The maximum atomic E-state index is 6.14. The van der Waals surface area contributed by atoms with Crippen LogP contribution in [0.4, 0.5) is 0 Å². The summed E-state index contributed by atoms with van der Waals surface area (Å²) in [6.07, 6.45) is 2.24. The van der Waals surface area contributed by atoms with E-state index in [4.69, 9.17) is 5.73 Å². The predicted molar refractivity (Wildman–Crippen MR) is 70.7 cm³/mol. The van der Waals surface area contributed by atoms with E-state index in [-0.39, 0.29) is 6.04 Å². The number of thiophene rings is 1. The molecule has 0 aliphatic rings. The van der Waals surface area contributed by atoms with Gasteiger partial charge < -0.3 is 5.73 Å². The van der Waals surface area contributed by atoms with Gasteiger partial charge >= 0.3 is 0 Å². The van der Waals surface area contributed by atoms with Crippen LogP contribution in [-0.2, 0) is 0 Å². The molecule has 0 bridgehead atoms. The Labute approximate surface area is 106 Å². The Kier molecular flexibility index (Phi) is 5.11. The quantitative estimate of drug-likeness (QED) is 0.843. The van der Waals surface area contributed by atoms with E-state index >= 15 is 0 Å². The molecule has 1 aromatic heterocycles. The lowest BCUT2D eigenvalue weighted by molar-refractivity contribution is 0.461. The second-order valence-corrected chi connectivity index (χ2v) is 7.38. The van der Waals surface area contributed by atoms with Crippen LogP contribution in [0.25, 0.3) is 0 Å². The van der Waals surface area contributed by atoms with Gasteiger partial charge in [-0.2, -0.15) is 0 Å². The Morgan fingerprint density at radius 3 is 2.57 bits per heavy atom. The molecule has 2 atom stereocenters. The van der Waals surface area contributed by atoms with Crippen LogP contribution in [-0.4, -0.2) is 0 Å². The van der Waals surface area contributed by atoms with Crippen molar-refractivity contribution in [2.24, 2.45) is 11.7 Å². The van der Waals surface area contributed by atoms with E-state index in [0.717, 1.165) is 14.0 Å². The Balaban J connectivity index is 2.69. The summed E-state index contributed by atoms with van der Waals surface area (Å²) in [7, 11) is 0. The highest BCUT2D eigenvalue weighted by molar-refractivity contribution is 9.12. The zero-order valence-corrected chi connectivity index (χ0v) is 12.4. The van der Waals surface area contributed by atoms with Gasteiger partial charge in [-0.05, 0) is 55.8 Å². The van der Waals surface area contributed by atoms with Gasteiger partial charge in [0.25, 0.3) is 0 Å². The minimum atomic E-state index is 0.155. The topological polar surface area (TPSA) is 26.0 Å². The first kappa shape index (κ1) is 12.7. The highest BCUT2D eigenvalue weighted by Crippen LogP contribution is 2.36. The van der Waals surface area contributed by atoms with Crippen LogP contribution in [0.2, 0.25) is 0 Å². The number of hydrogen-bond donors (Lipinski definition) is 1. The average Bonchev–Trinajstić information content (AvgIpc) is 2.45. The standard InChI is InChI=1S/C10H15Br2NS/c1-3-6(2)4-8(13)7-5-9(11)14-10(7)12/h5-6,8H,3-4,13H2,1-2H3. The van der Waals surface area contributed by atoms with Crippen molar-refractivity contribution in [3.05, 3.63) is 19.2 Å². The van der Waals surface area contributed by atoms with E-state index in [1.54, 1.807) is 11.3 Å². The summed E-state index contributed by atoms with van der Waals surface area (Å²) in [4.78, 5) is 0. The minimum absolute atomic E-state index is 0.155. The van der Waals surface area contributed by atoms with Crippen LogP contribution in [0.15, 0.2) is 13.6 Å². The molecule has 14 heavy (non-hydrogen) atoms. The van der Waals surface area contributed by atoms with Crippen LogP contribution in [0.1, 0.15) is 38.3 Å². The molecule has 1 heterocycles. The molecule has 0 radical (unpaired) electrons. The summed E-state index contributed by atoms with van der Waals surface area (Å²) in [6, 6.07) is 2.27. The van der Waals surface area contributed by atoms with Crippen molar-refractivity contribution < 1.29 is 0 Å². The van der Waals surface area contributed by atoms with E-state index in [2.05, 4.69) is 51.8 Å². The molecule has 80 valence electrons. The zero-order chi connectivity index (χ0) is 10.7. The monoisotopic (exact) mass is 339 g/mol. The first-order valence-corrected chi connectivity index (χ1v) is 7.15. The molecule has 2 N–H and O–H groups in total. The molecule has 0 saturated heterocycles. The predicted octanol–water partition coefficient (Wildman–Crippen LogP) is 4.71. The normalized spacial score (nSPS) is 15.5. The lowest BCUT2D eigenvalue weighted by Crippen LogP contribution is -2.13. The molecule has 4 heteroatoms. The van der Waals surface area contributed by atoms with Crippen LogP contribution in [0.5, 0.6) is 0 Å². The number of rotatable bonds is 4. The molecule has 0 spiro atoms. The summed E-state index contributed by atoms with van der Waals surface area (Å²) in [6.45, 7) is 4.45. The summed E-state index contributed by atoms with van der Waals surface area (Å²) in [5.41, 5.74) is 7.37. The van der Waals surface area contributed by atoms with Crippen molar-refractivity contribution in [3.8, 4) is 0 Å². The summed E-state index contributed by atoms with van der Waals surface area (Å²) < 4.78 is 2.29. The summed E-state index contributed by atoms with van der Waals surface area (Å²) >= 11 is 8.69. The third kappa shape index (κ3) is 3.33. The Hall–Kier alpha value is 0.620. The van der Waals surface area contributed by atoms with Gasteiger partial charge in [-0.25, -0.2) is 0 Å². The molecule has 0 fully saturated rings. The van der Waals surface area contributed by atoms with Gasteiger partial charge in [0, 0.05) is 6.04 Å². The van der Waals surface area contributed by atoms with E-state index in [1.165, 1.54) is 12.0 Å². The molecule has 1 rings (SSSR count). The molecular weight excluding hydrogens is 326 g/mol. The Morgan fingerprint density at radius 2 is 2.14 bits per heavy atom. The molecule has 2 unspecified atom stereocenters. The van der Waals surface area contributed by atoms with Crippen molar-refractivity contribution in [1.82, 2.24) is 0 Å². The molecule has 1 nitrogen and oxygen atoms in total. The van der Waals surface area contributed by atoms with Crippen molar-refractivity contribution in [2.45, 2.75) is 32.7 Å². The minimum Gasteiger partial charge on any atom is -0.324 e. The van der Waals surface area contributed by atoms with Crippen molar-refractivity contribution >= 4 is 43.2 Å². The Bertz CT molecular complexity index is 298. The van der Waals surface area contributed by atoms with Crippen LogP contribution >= 0.6 is 43.2 Å². The second kappa shape index (κ2) is 5.64.